The van der Waals surface area contributed by atoms with Crippen LogP contribution in [0.25, 0.3) is 0 Å². The maximum absolute atomic E-state index is 10.7. The molecule has 1 saturated carbocycles. The lowest BCUT2D eigenvalue weighted by atomic mass is 9.92. The summed E-state index contributed by atoms with van der Waals surface area (Å²) in [6.07, 6.45) is 5.77. The Labute approximate surface area is 112 Å². The Morgan fingerprint density at radius 3 is 2.84 bits per heavy atom. The number of ether oxygens (including phenoxy) is 1. The number of nitrogens with zero attached hydrogens (tertiary/aromatic N) is 2. The lowest BCUT2D eigenvalue weighted by Gasteiger charge is -2.31. The number of aromatic nitrogens is 1. The monoisotopic (exact) mass is 265 g/mol. The van der Waals surface area contributed by atoms with Gasteiger partial charge in [0.1, 0.15) is 12.3 Å². The molecule has 1 aliphatic rings. The van der Waals surface area contributed by atoms with Crippen LogP contribution >= 0.6 is 0 Å². The number of pyridine rings is 1. The smallest absolute Gasteiger partial charge is 0.288 e. The third-order valence-corrected chi connectivity index (χ3v) is 3.56. The molecule has 6 heteroatoms. The molecule has 1 aromatic rings. The zero-order valence-corrected chi connectivity index (χ0v) is 11.3. The molecule has 0 amide bonds. The predicted molar refractivity (Wildman–Crippen MR) is 71.4 cm³/mol. The number of rotatable bonds is 4. The van der Waals surface area contributed by atoms with Gasteiger partial charge in [0, 0.05) is 17.7 Å². The summed E-state index contributed by atoms with van der Waals surface area (Å²) in [5.41, 5.74) is 0.702. The molecule has 6 nitrogen and oxygen atoms in total. The van der Waals surface area contributed by atoms with Crippen LogP contribution in [0.15, 0.2) is 12.3 Å². The van der Waals surface area contributed by atoms with Crippen molar-refractivity contribution in [1.29, 1.82) is 0 Å². The van der Waals surface area contributed by atoms with Gasteiger partial charge >= 0.3 is 0 Å². The third kappa shape index (κ3) is 3.20. The molecule has 1 aliphatic carbocycles. The minimum Gasteiger partial charge on any atom is -0.472 e. The number of aryl methyl sites for hydroxylation is 1. The normalized spacial score (nSPS) is 23.1. The average Bonchev–Trinajstić information content (AvgIpc) is 2.41. The number of hydrogen-bond acceptors (Lipinski definition) is 5. The minimum absolute atomic E-state index is 0.00124. The molecule has 1 heterocycles. The number of nitro groups is 1. The highest BCUT2D eigenvalue weighted by molar-refractivity contribution is 5.36. The van der Waals surface area contributed by atoms with Gasteiger partial charge in [-0.15, -0.1) is 0 Å². The van der Waals surface area contributed by atoms with E-state index in [1.54, 1.807) is 6.92 Å². The Balaban J connectivity index is 2.11. The zero-order chi connectivity index (χ0) is 13.8. The molecule has 0 radical (unpaired) electrons. The first kappa shape index (κ1) is 13.7. The molecule has 104 valence electrons. The predicted octanol–water partition coefficient (Wildman–Crippen LogP) is 2.21. The van der Waals surface area contributed by atoms with Gasteiger partial charge in [-0.25, -0.2) is 4.98 Å². The third-order valence-electron chi connectivity index (χ3n) is 3.56. The second-order valence-corrected chi connectivity index (χ2v) is 4.91. The van der Waals surface area contributed by atoms with E-state index in [2.05, 4.69) is 10.3 Å². The van der Waals surface area contributed by atoms with Crippen molar-refractivity contribution in [3.8, 4) is 5.88 Å². The van der Waals surface area contributed by atoms with Crippen LogP contribution in [0.4, 0.5) is 5.69 Å². The highest BCUT2D eigenvalue weighted by atomic mass is 16.6. The van der Waals surface area contributed by atoms with Crippen molar-refractivity contribution in [1.82, 2.24) is 10.3 Å². The highest BCUT2D eigenvalue weighted by Gasteiger charge is 2.26. The summed E-state index contributed by atoms with van der Waals surface area (Å²) >= 11 is 0. The second-order valence-electron chi connectivity index (χ2n) is 4.91. The van der Waals surface area contributed by atoms with Gasteiger partial charge in [-0.05, 0) is 33.2 Å². The van der Waals surface area contributed by atoms with Gasteiger partial charge in [-0.2, -0.15) is 0 Å². The SMILES string of the molecule is CNC1CCCCC1Oc1ncc([N+](=O)[O-])cc1C. The van der Waals surface area contributed by atoms with Crippen LogP contribution in [0.5, 0.6) is 5.88 Å². The fourth-order valence-corrected chi connectivity index (χ4v) is 2.48. The lowest BCUT2D eigenvalue weighted by molar-refractivity contribution is -0.385. The highest BCUT2D eigenvalue weighted by Crippen LogP contribution is 2.26. The van der Waals surface area contributed by atoms with Crippen molar-refractivity contribution < 1.29 is 9.66 Å². The van der Waals surface area contributed by atoms with Crippen LogP contribution in [0.3, 0.4) is 0 Å². The van der Waals surface area contributed by atoms with Crippen molar-refractivity contribution in [2.24, 2.45) is 0 Å². The molecule has 2 rings (SSSR count). The molecule has 2 atom stereocenters. The van der Waals surface area contributed by atoms with Gasteiger partial charge in [0.25, 0.3) is 5.69 Å². The summed E-state index contributed by atoms with van der Waals surface area (Å²) in [5, 5.41) is 13.9. The van der Waals surface area contributed by atoms with E-state index in [1.807, 2.05) is 7.05 Å². The summed E-state index contributed by atoms with van der Waals surface area (Å²) in [6.45, 7) is 1.78. The Morgan fingerprint density at radius 2 is 2.21 bits per heavy atom. The summed E-state index contributed by atoms with van der Waals surface area (Å²) in [7, 11) is 1.93. The molecular weight excluding hydrogens is 246 g/mol. The summed E-state index contributed by atoms with van der Waals surface area (Å²) < 4.78 is 5.93. The van der Waals surface area contributed by atoms with E-state index in [0.29, 0.717) is 17.5 Å². The summed E-state index contributed by atoms with van der Waals surface area (Å²) in [5.74, 6) is 0.498. The van der Waals surface area contributed by atoms with E-state index < -0.39 is 4.92 Å². The second kappa shape index (κ2) is 5.97. The molecule has 0 spiro atoms. The van der Waals surface area contributed by atoms with E-state index >= 15 is 0 Å². The van der Waals surface area contributed by atoms with Gasteiger partial charge in [0.2, 0.25) is 5.88 Å². The largest absolute Gasteiger partial charge is 0.472 e. The van der Waals surface area contributed by atoms with Crippen molar-refractivity contribution in [2.75, 3.05) is 7.05 Å². The molecule has 0 saturated heterocycles. The molecular formula is C13H19N3O3. The first-order valence-corrected chi connectivity index (χ1v) is 6.56. The first-order valence-electron chi connectivity index (χ1n) is 6.56. The van der Waals surface area contributed by atoms with E-state index in [4.69, 9.17) is 4.74 Å². The van der Waals surface area contributed by atoms with Gasteiger partial charge in [-0.1, -0.05) is 6.42 Å². The van der Waals surface area contributed by atoms with E-state index in [9.17, 15) is 10.1 Å². The fourth-order valence-electron chi connectivity index (χ4n) is 2.48. The maximum Gasteiger partial charge on any atom is 0.288 e. The van der Waals surface area contributed by atoms with E-state index in [0.717, 1.165) is 19.3 Å². The van der Waals surface area contributed by atoms with Crippen LogP contribution in [0.2, 0.25) is 0 Å². The maximum atomic E-state index is 10.7. The van der Waals surface area contributed by atoms with Crippen LogP contribution in [-0.2, 0) is 0 Å². The number of likely N-dealkylation sites (N-methyl/N-ethyl adjacent to an activating group) is 1. The Hall–Kier alpha value is -1.69. The van der Waals surface area contributed by atoms with Crippen molar-refractivity contribution >= 4 is 5.69 Å². The van der Waals surface area contributed by atoms with Crippen LogP contribution in [0, 0.1) is 17.0 Å². The zero-order valence-electron chi connectivity index (χ0n) is 11.3. The van der Waals surface area contributed by atoms with Gasteiger partial charge < -0.3 is 10.1 Å². The quantitative estimate of drug-likeness (QED) is 0.667. The first-order chi connectivity index (χ1) is 9.11. The number of hydrogen-bond donors (Lipinski definition) is 1. The lowest BCUT2D eigenvalue weighted by Crippen LogP contribution is -2.43. The van der Waals surface area contributed by atoms with Gasteiger partial charge in [-0.3, -0.25) is 10.1 Å². The van der Waals surface area contributed by atoms with E-state index in [1.165, 1.54) is 18.7 Å². The molecule has 1 fully saturated rings. The standard InChI is InChI=1S/C13H19N3O3/c1-9-7-10(16(17)18)8-15-13(9)19-12-6-4-3-5-11(12)14-2/h7-8,11-12,14H,3-6H2,1-2H3. The van der Waals surface area contributed by atoms with E-state index in [-0.39, 0.29) is 11.8 Å². The summed E-state index contributed by atoms with van der Waals surface area (Å²) in [6, 6.07) is 1.82. The van der Waals surface area contributed by atoms with Crippen LogP contribution in [-0.4, -0.2) is 29.1 Å². The molecule has 0 aromatic carbocycles. The molecule has 19 heavy (non-hydrogen) atoms. The van der Waals surface area contributed by atoms with Crippen LogP contribution < -0.4 is 10.1 Å². The average molecular weight is 265 g/mol. The van der Waals surface area contributed by atoms with Crippen molar-refractivity contribution in [2.45, 2.75) is 44.8 Å². The Kier molecular flexibility index (Phi) is 4.31. The topological polar surface area (TPSA) is 77.3 Å². The number of nitrogens with one attached hydrogen (secondary N) is 1. The molecule has 1 aromatic heterocycles. The van der Waals surface area contributed by atoms with Gasteiger partial charge in [0.05, 0.1) is 4.92 Å². The Morgan fingerprint density at radius 1 is 1.47 bits per heavy atom. The Bertz CT molecular complexity index is 464. The van der Waals surface area contributed by atoms with Crippen LogP contribution in [0.1, 0.15) is 31.2 Å². The molecule has 2 unspecified atom stereocenters. The van der Waals surface area contributed by atoms with Crippen molar-refractivity contribution in [3.63, 3.8) is 0 Å². The van der Waals surface area contributed by atoms with Crippen molar-refractivity contribution in [3.05, 3.63) is 27.9 Å². The summed E-state index contributed by atoms with van der Waals surface area (Å²) in [4.78, 5) is 14.3. The molecule has 0 bridgehead atoms. The molecule has 0 aliphatic heterocycles. The van der Waals surface area contributed by atoms with Gasteiger partial charge in [0.15, 0.2) is 0 Å². The minimum atomic E-state index is -0.444. The fraction of sp³-hybridized carbons (Fsp3) is 0.615. The molecule has 1 N–H and O–H groups in total.